The maximum absolute atomic E-state index is 11.7. The van der Waals surface area contributed by atoms with Gasteiger partial charge in [0, 0.05) is 25.0 Å². The van der Waals surface area contributed by atoms with E-state index in [-0.39, 0.29) is 0 Å². The number of nitrogens with one attached hydrogen (secondary N) is 1. The molecule has 1 N–H and O–H groups in total. The second kappa shape index (κ2) is 7.40. The van der Waals surface area contributed by atoms with E-state index in [1.54, 1.807) is 18.3 Å². The number of nitrogens with zero attached hydrogens (tertiary/aromatic N) is 4. The standard InChI is InChI=1S/C18H21N5O2S/c1-13-9-16(15-4-7-23(8-5-15)26(2,24)25)11-18(21-13)22-17-10-14(12-19)3-6-20-17/h3,6,9-11,15H,4-5,7-8H2,1-2H3,(H,20,21,22). The van der Waals surface area contributed by atoms with Crippen molar-refractivity contribution < 1.29 is 8.42 Å². The van der Waals surface area contributed by atoms with Crippen LogP contribution in [0.3, 0.4) is 0 Å². The van der Waals surface area contributed by atoms with Gasteiger partial charge >= 0.3 is 0 Å². The van der Waals surface area contributed by atoms with E-state index in [0.29, 0.717) is 36.2 Å². The summed E-state index contributed by atoms with van der Waals surface area (Å²) in [6.07, 6.45) is 4.42. The second-order valence-corrected chi connectivity index (χ2v) is 8.51. The van der Waals surface area contributed by atoms with Crippen LogP contribution < -0.4 is 5.32 Å². The fourth-order valence-corrected chi connectivity index (χ4v) is 4.09. The van der Waals surface area contributed by atoms with Crippen molar-refractivity contribution in [3.8, 4) is 6.07 Å². The fourth-order valence-electron chi connectivity index (χ4n) is 3.22. The Morgan fingerprint density at radius 1 is 1.23 bits per heavy atom. The summed E-state index contributed by atoms with van der Waals surface area (Å²) in [5, 5.41) is 12.1. The average molecular weight is 371 g/mol. The van der Waals surface area contributed by atoms with Crippen LogP contribution in [-0.2, 0) is 10.0 Å². The first-order valence-electron chi connectivity index (χ1n) is 8.42. The predicted molar refractivity (Wildman–Crippen MR) is 99.6 cm³/mol. The van der Waals surface area contributed by atoms with Gasteiger partial charge < -0.3 is 5.32 Å². The van der Waals surface area contributed by atoms with Gasteiger partial charge in [0.05, 0.1) is 17.9 Å². The van der Waals surface area contributed by atoms with Gasteiger partial charge in [-0.15, -0.1) is 0 Å². The van der Waals surface area contributed by atoms with Crippen molar-refractivity contribution in [3.05, 3.63) is 47.3 Å². The molecule has 0 bridgehead atoms. The van der Waals surface area contributed by atoms with Crippen molar-refractivity contribution in [1.82, 2.24) is 14.3 Å². The maximum Gasteiger partial charge on any atom is 0.211 e. The molecule has 8 heteroatoms. The topological polar surface area (TPSA) is 99.0 Å². The van der Waals surface area contributed by atoms with Gasteiger partial charge in [0.25, 0.3) is 0 Å². The van der Waals surface area contributed by atoms with Crippen LogP contribution in [0, 0.1) is 18.3 Å². The molecule has 0 aliphatic carbocycles. The van der Waals surface area contributed by atoms with Crippen LogP contribution in [0.25, 0.3) is 0 Å². The first kappa shape index (κ1) is 18.3. The minimum atomic E-state index is -3.12. The number of hydrogen-bond acceptors (Lipinski definition) is 6. The van der Waals surface area contributed by atoms with Crippen LogP contribution in [0.5, 0.6) is 0 Å². The Bertz CT molecular complexity index is 944. The van der Waals surface area contributed by atoms with Crippen molar-refractivity contribution in [2.24, 2.45) is 0 Å². The number of nitriles is 1. The molecule has 26 heavy (non-hydrogen) atoms. The lowest BCUT2D eigenvalue weighted by molar-refractivity contribution is 0.321. The van der Waals surface area contributed by atoms with E-state index in [1.807, 2.05) is 19.1 Å². The summed E-state index contributed by atoms with van der Waals surface area (Å²) < 4.78 is 24.9. The van der Waals surface area contributed by atoms with Crippen LogP contribution in [-0.4, -0.2) is 42.0 Å². The number of hydrogen-bond donors (Lipinski definition) is 1. The lowest BCUT2D eigenvalue weighted by atomic mass is 9.90. The largest absolute Gasteiger partial charge is 0.325 e. The molecule has 3 rings (SSSR count). The highest BCUT2D eigenvalue weighted by Crippen LogP contribution is 2.31. The molecule has 0 amide bonds. The Morgan fingerprint density at radius 3 is 2.62 bits per heavy atom. The smallest absolute Gasteiger partial charge is 0.211 e. The molecule has 0 radical (unpaired) electrons. The van der Waals surface area contributed by atoms with Gasteiger partial charge in [-0.1, -0.05) is 0 Å². The summed E-state index contributed by atoms with van der Waals surface area (Å²) in [6, 6.07) is 9.44. The summed E-state index contributed by atoms with van der Waals surface area (Å²) in [6.45, 7) is 3.01. The summed E-state index contributed by atoms with van der Waals surface area (Å²) in [4.78, 5) is 8.71. The second-order valence-electron chi connectivity index (χ2n) is 6.53. The summed E-state index contributed by atoms with van der Waals surface area (Å²) in [5.74, 6) is 1.54. The monoisotopic (exact) mass is 371 g/mol. The molecule has 0 aromatic carbocycles. The van der Waals surface area contributed by atoms with Gasteiger partial charge in [-0.2, -0.15) is 5.26 Å². The Kier molecular flexibility index (Phi) is 5.20. The van der Waals surface area contributed by atoms with E-state index >= 15 is 0 Å². The number of aromatic nitrogens is 2. The molecule has 1 fully saturated rings. The molecule has 136 valence electrons. The number of aryl methyl sites for hydroxylation is 1. The van der Waals surface area contributed by atoms with Crippen LogP contribution in [0.1, 0.15) is 35.6 Å². The zero-order valence-electron chi connectivity index (χ0n) is 14.8. The van der Waals surface area contributed by atoms with E-state index in [2.05, 4.69) is 21.4 Å². The van der Waals surface area contributed by atoms with Crippen LogP contribution in [0.15, 0.2) is 30.5 Å². The molecule has 0 spiro atoms. The van der Waals surface area contributed by atoms with Crippen molar-refractivity contribution in [3.63, 3.8) is 0 Å². The molecule has 1 saturated heterocycles. The Hall–Kier alpha value is -2.50. The zero-order valence-corrected chi connectivity index (χ0v) is 15.6. The average Bonchev–Trinajstić information content (AvgIpc) is 2.61. The van der Waals surface area contributed by atoms with Gasteiger partial charge in [-0.3, -0.25) is 0 Å². The van der Waals surface area contributed by atoms with Gasteiger partial charge in [-0.05, 0) is 55.5 Å². The van der Waals surface area contributed by atoms with Crippen LogP contribution in [0.2, 0.25) is 0 Å². The van der Waals surface area contributed by atoms with E-state index < -0.39 is 10.0 Å². The van der Waals surface area contributed by atoms with E-state index in [4.69, 9.17) is 5.26 Å². The molecule has 0 saturated carbocycles. The van der Waals surface area contributed by atoms with Gasteiger partial charge in [0.2, 0.25) is 10.0 Å². The Balaban J connectivity index is 1.77. The van der Waals surface area contributed by atoms with Crippen molar-refractivity contribution in [2.75, 3.05) is 24.7 Å². The molecule has 3 heterocycles. The fraction of sp³-hybridized carbons (Fsp3) is 0.389. The SMILES string of the molecule is Cc1cc(C2CCN(S(C)(=O)=O)CC2)cc(Nc2cc(C#N)ccn2)n1. The van der Waals surface area contributed by atoms with Crippen LogP contribution in [0.4, 0.5) is 11.6 Å². The van der Waals surface area contributed by atoms with E-state index in [0.717, 1.165) is 24.1 Å². The van der Waals surface area contributed by atoms with Crippen molar-refractivity contribution in [2.45, 2.75) is 25.7 Å². The first-order chi connectivity index (χ1) is 12.3. The van der Waals surface area contributed by atoms with Crippen molar-refractivity contribution in [1.29, 1.82) is 5.26 Å². The van der Waals surface area contributed by atoms with Gasteiger partial charge in [-0.25, -0.2) is 22.7 Å². The zero-order chi connectivity index (χ0) is 18.7. The van der Waals surface area contributed by atoms with Gasteiger partial charge in [0.15, 0.2) is 0 Å². The number of anilines is 2. The quantitative estimate of drug-likeness (QED) is 0.887. The van der Waals surface area contributed by atoms with E-state index in [1.165, 1.54) is 10.6 Å². The van der Waals surface area contributed by atoms with Crippen LogP contribution >= 0.6 is 0 Å². The molecule has 2 aromatic heterocycles. The maximum atomic E-state index is 11.7. The highest BCUT2D eigenvalue weighted by molar-refractivity contribution is 7.88. The number of pyridine rings is 2. The minimum absolute atomic E-state index is 0.300. The number of piperidine rings is 1. The lowest BCUT2D eigenvalue weighted by Crippen LogP contribution is -2.37. The third-order valence-corrected chi connectivity index (χ3v) is 5.82. The molecule has 0 atom stereocenters. The highest BCUT2D eigenvalue weighted by atomic mass is 32.2. The minimum Gasteiger partial charge on any atom is -0.325 e. The molecule has 7 nitrogen and oxygen atoms in total. The molecule has 2 aromatic rings. The third-order valence-electron chi connectivity index (χ3n) is 4.52. The highest BCUT2D eigenvalue weighted by Gasteiger charge is 2.26. The molecule has 1 aliphatic rings. The lowest BCUT2D eigenvalue weighted by Gasteiger charge is -2.30. The Labute approximate surface area is 153 Å². The number of rotatable bonds is 4. The first-order valence-corrected chi connectivity index (χ1v) is 10.3. The van der Waals surface area contributed by atoms with E-state index in [9.17, 15) is 8.42 Å². The molecular weight excluding hydrogens is 350 g/mol. The number of sulfonamides is 1. The third kappa shape index (κ3) is 4.36. The summed E-state index contributed by atoms with van der Waals surface area (Å²) >= 11 is 0. The molecular formula is C18H21N5O2S. The molecule has 1 aliphatic heterocycles. The summed E-state index contributed by atoms with van der Waals surface area (Å²) in [5.41, 5.74) is 2.56. The predicted octanol–water partition coefficient (Wildman–Crippen LogP) is 2.54. The normalized spacial score (nSPS) is 16.2. The Morgan fingerprint density at radius 2 is 1.96 bits per heavy atom. The summed E-state index contributed by atoms with van der Waals surface area (Å²) in [7, 11) is -3.12. The van der Waals surface area contributed by atoms with Gasteiger partial charge in [0.1, 0.15) is 11.6 Å². The van der Waals surface area contributed by atoms with Crippen molar-refractivity contribution >= 4 is 21.7 Å². The molecule has 0 unspecified atom stereocenters.